The highest BCUT2D eigenvalue weighted by molar-refractivity contribution is 5.77. The summed E-state index contributed by atoms with van der Waals surface area (Å²) in [5.41, 5.74) is 2.12. The summed E-state index contributed by atoms with van der Waals surface area (Å²) >= 11 is 0. The number of halogens is 1. The number of aldehydes is 1. The van der Waals surface area contributed by atoms with Crippen LogP contribution in [0.15, 0.2) is 12.1 Å². The molecule has 1 heterocycles. The molecule has 3 heteroatoms. The van der Waals surface area contributed by atoms with E-state index in [0.29, 0.717) is 17.0 Å². The van der Waals surface area contributed by atoms with Crippen LogP contribution in [0.3, 0.4) is 0 Å². The molecule has 1 aromatic rings. The third kappa shape index (κ3) is 2.91. The summed E-state index contributed by atoms with van der Waals surface area (Å²) in [6.45, 7) is 3.83. The fourth-order valence-electron chi connectivity index (χ4n) is 2.44. The third-order valence-electron chi connectivity index (χ3n) is 3.51. The normalized spacial score (nSPS) is 17.1. The fraction of sp³-hybridized carbons (Fsp3) is 0.500. The standard InChI is InChI=1S/C14H18FNO/c1-10-6-12(13(9-17)8-14(10)15)7-11-2-4-16-5-3-11/h6,8-9,11,16H,2-5,7H2,1H3. The third-order valence-corrected chi connectivity index (χ3v) is 3.51. The summed E-state index contributed by atoms with van der Waals surface area (Å²) in [5, 5.41) is 3.32. The van der Waals surface area contributed by atoms with Gasteiger partial charge in [-0.1, -0.05) is 6.07 Å². The van der Waals surface area contributed by atoms with Crippen LogP contribution >= 0.6 is 0 Å². The van der Waals surface area contributed by atoms with E-state index >= 15 is 0 Å². The van der Waals surface area contributed by atoms with Gasteiger partial charge in [0.25, 0.3) is 0 Å². The molecule has 0 aromatic heterocycles. The van der Waals surface area contributed by atoms with Crippen LogP contribution in [0.5, 0.6) is 0 Å². The van der Waals surface area contributed by atoms with Crippen molar-refractivity contribution in [3.8, 4) is 0 Å². The van der Waals surface area contributed by atoms with Crippen molar-refractivity contribution in [3.63, 3.8) is 0 Å². The van der Waals surface area contributed by atoms with E-state index in [0.717, 1.165) is 44.2 Å². The molecule has 92 valence electrons. The van der Waals surface area contributed by atoms with Crippen LogP contribution in [-0.4, -0.2) is 19.4 Å². The summed E-state index contributed by atoms with van der Waals surface area (Å²) in [4.78, 5) is 11.0. The van der Waals surface area contributed by atoms with E-state index in [4.69, 9.17) is 0 Å². The molecule has 0 radical (unpaired) electrons. The number of aryl methyl sites for hydroxylation is 1. The van der Waals surface area contributed by atoms with Crippen LogP contribution in [0.25, 0.3) is 0 Å². The number of hydrogen-bond acceptors (Lipinski definition) is 2. The van der Waals surface area contributed by atoms with E-state index in [9.17, 15) is 9.18 Å². The smallest absolute Gasteiger partial charge is 0.150 e. The van der Waals surface area contributed by atoms with E-state index in [-0.39, 0.29) is 5.82 Å². The molecule has 0 aliphatic carbocycles. The summed E-state index contributed by atoms with van der Waals surface area (Å²) in [7, 11) is 0. The molecule has 1 fully saturated rings. The van der Waals surface area contributed by atoms with Crippen molar-refractivity contribution < 1.29 is 9.18 Å². The van der Waals surface area contributed by atoms with Crippen molar-refractivity contribution in [3.05, 3.63) is 34.6 Å². The Labute approximate surface area is 101 Å². The van der Waals surface area contributed by atoms with Gasteiger partial charge in [0.2, 0.25) is 0 Å². The largest absolute Gasteiger partial charge is 0.317 e. The zero-order valence-electron chi connectivity index (χ0n) is 10.1. The van der Waals surface area contributed by atoms with E-state index in [2.05, 4.69) is 5.32 Å². The minimum Gasteiger partial charge on any atom is -0.317 e. The molecular formula is C14H18FNO. The first-order chi connectivity index (χ1) is 8.20. The second-order valence-corrected chi connectivity index (χ2v) is 4.82. The lowest BCUT2D eigenvalue weighted by Gasteiger charge is -2.23. The van der Waals surface area contributed by atoms with Crippen LogP contribution < -0.4 is 5.32 Å². The summed E-state index contributed by atoms with van der Waals surface area (Å²) in [6, 6.07) is 3.18. The first-order valence-electron chi connectivity index (χ1n) is 6.15. The second kappa shape index (κ2) is 5.41. The highest BCUT2D eigenvalue weighted by Gasteiger charge is 2.16. The van der Waals surface area contributed by atoms with Gasteiger partial charge in [0.1, 0.15) is 12.1 Å². The molecule has 1 saturated heterocycles. The van der Waals surface area contributed by atoms with Gasteiger partial charge < -0.3 is 5.32 Å². The molecule has 0 atom stereocenters. The minimum absolute atomic E-state index is 0.291. The Balaban J connectivity index is 2.18. The van der Waals surface area contributed by atoms with Gasteiger partial charge in [-0.2, -0.15) is 0 Å². The molecule has 1 aliphatic rings. The Morgan fingerprint density at radius 1 is 1.41 bits per heavy atom. The number of rotatable bonds is 3. The molecule has 1 aliphatic heterocycles. The highest BCUT2D eigenvalue weighted by atomic mass is 19.1. The van der Waals surface area contributed by atoms with Crippen molar-refractivity contribution in [2.75, 3.05) is 13.1 Å². The Kier molecular flexibility index (Phi) is 3.89. The van der Waals surface area contributed by atoms with Crippen molar-refractivity contribution in [1.29, 1.82) is 0 Å². The van der Waals surface area contributed by atoms with Gasteiger partial charge in [-0.25, -0.2) is 4.39 Å². The van der Waals surface area contributed by atoms with Gasteiger partial charge in [-0.15, -0.1) is 0 Å². The highest BCUT2D eigenvalue weighted by Crippen LogP contribution is 2.22. The molecule has 1 aromatic carbocycles. The first-order valence-corrected chi connectivity index (χ1v) is 6.15. The van der Waals surface area contributed by atoms with Gasteiger partial charge in [-0.3, -0.25) is 4.79 Å². The topological polar surface area (TPSA) is 29.1 Å². The van der Waals surface area contributed by atoms with Gasteiger partial charge in [-0.05, 0) is 62.4 Å². The van der Waals surface area contributed by atoms with E-state index in [1.807, 2.05) is 6.07 Å². The van der Waals surface area contributed by atoms with Crippen molar-refractivity contribution in [1.82, 2.24) is 5.32 Å². The maximum absolute atomic E-state index is 13.4. The Morgan fingerprint density at radius 2 is 2.12 bits per heavy atom. The zero-order valence-corrected chi connectivity index (χ0v) is 10.1. The van der Waals surface area contributed by atoms with Crippen molar-refractivity contribution in [2.45, 2.75) is 26.2 Å². The quantitative estimate of drug-likeness (QED) is 0.815. The number of piperidine rings is 1. The molecule has 0 bridgehead atoms. The molecule has 0 saturated carbocycles. The molecule has 2 rings (SSSR count). The van der Waals surface area contributed by atoms with Gasteiger partial charge in [0.05, 0.1) is 0 Å². The first kappa shape index (κ1) is 12.2. The predicted molar refractivity (Wildman–Crippen MR) is 65.8 cm³/mol. The van der Waals surface area contributed by atoms with Gasteiger partial charge in [0.15, 0.2) is 0 Å². The number of carbonyl (C=O) groups is 1. The Morgan fingerprint density at radius 3 is 2.76 bits per heavy atom. The average Bonchev–Trinajstić information content (AvgIpc) is 2.35. The minimum atomic E-state index is -0.291. The maximum Gasteiger partial charge on any atom is 0.150 e. The molecule has 2 nitrogen and oxygen atoms in total. The molecular weight excluding hydrogens is 217 g/mol. The summed E-state index contributed by atoms with van der Waals surface area (Å²) in [5.74, 6) is 0.320. The summed E-state index contributed by atoms with van der Waals surface area (Å²) in [6.07, 6.45) is 3.92. The molecule has 1 N–H and O–H groups in total. The lowest BCUT2D eigenvalue weighted by molar-refractivity contribution is 0.112. The van der Waals surface area contributed by atoms with Gasteiger partial charge >= 0.3 is 0 Å². The molecule has 0 spiro atoms. The van der Waals surface area contributed by atoms with Crippen LogP contribution in [0.1, 0.15) is 34.3 Å². The van der Waals surface area contributed by atoms with E-state index in [1.165, 1.54) is 6.07 Å². The zero-order chi connectivity index (χ0) is 12.3. The Hall–Kier alpha value is -1.22. The second-order valence-electron chi connectivity index (χ2n) is 4.82. The SMILES string of the molecule is Cc1cc(CC2CCNCC2)c(C=O)cc1F. The van der Waals surface area contributed by atoms with Crippen molar-refractivity contribution >= 4 is 6.29 Å². The number of hydrogen-bond donors (Lipinski definition) is 1. The van der Waals surface area contributed by atoms with E-state index < -0.39 is 0 Å². The lowest BCUT2D eigenvalue weighted by atomic mass is 9.88. The van der Waals surface area contributed by atoms with Gasteiger partial charge in [0, 0.05) is 5.56 Å². The number of carbonyl (C=O) groups excluding carboxylic acids is 1. The van der Waals surface area contributed by atoms with Crippen LogP contribution in [0.4, 0.5) is 4.39 Å². The predicted octanol–water partition coefficient (Wildman–Crippen LogP) is 2.49. The van der Waals surface area contributed by atoms with Crippen molar-refractivity contribution in [2.24, 2.45) is 5.92 Å². The molecule has 17 heavy (non-hydrogen) atoms. The lowest BCUT2D eigenvalue weighted by Crippen LogP contribution is -2.28. The van der Waals surface area contributed by atoms with Crippen LogP contribution in [-0.2, 0) is 6.42 Å². The monoisotopic (exact) mass is 235 g/mol. The number of benzene rings is 1. The van der Waals surface area contributed by atoms with E-state index in [1.54, 1.807) is 6.92 Å². The average molecular weight is 235 g/mol. The van der Waals surface area contributed by atoms with Crippen LogP contribution in [0, 0.1) is 18.7 Å². The maximum atomic E-state index is 13.4. The molecule has 0 unspecified atom stereocenters. The fourth-order valence-corrected chi connectivity index (χ4v) is 2.44. The van der Waals surface area contributed by atoms with Crippen LogP contribution in [0.2, 0.25) is 0 Å². The summed E-state index contributed by atoms with van der Waals surface area (Å²) < 4.78 is 13.4. The Bertz CT molecular complexity index is 411. The number of nitrogens with one attached hydrogen (secondary N) is 1. The molecule has 0 amide bonds.